The summed E-state index contributed by atoms with van der Waals surface area (Å²) in [5, 5.41) is 0. The van der Waals surface area contributed by atoms with Gasteiger partial charge in [-0.1, -0.05) is 32.9 Å². The minimum atomic E-state index is -0.904. The molecule has 1 atom stereocenters. The van der Waals surface area contributed by atoms with Crippen molar-refractivity contribution in [3.05, 3.63) is 25.3 Å². The van der Waals surface area contributed by atoms with E-state index in [1.165, 1.54) is 0 Å². The fourth-order valence-corrected chi connectivity index (χ4v) is 2.51. The maximum Gasteiger partial charge on any atom is 0.335 e. The quantitative estimate of drug-likeness (QED) is 0.549. The summed E-state index contributed by atoms with van der Waals surface area (Å²) in [5.74, 6) is 0.196. The molecule has 1 rings (SSSR count). The van der Waals surface area contributed by atoms with Gasteiger partial charge in [0.2, 0.25) is 5.90 Å². The lowest BCUT2D eigenvalue weighted by atomic mass is 9.75. The number of hydrogen-bond donors (Lipinski definition) is 0. The van der Waals surface area contributed by atoms with Crippen molar-refractivity contribution in [3.8, 4) is 0 Å². The van der Waals surface area contributed by atoms with Gasteiger partial charge < -0.3 is 9.47 Å². The van der Waals surface area contributed by atoms with Gasteiger partial charge in [-0.25, -0.2) is 9.79 Å². The third-order valence-corrected chi connectivity index (χ3v) is 4.55. The summed E-state index contributed by atoms with van der Waals surface area (Å²) in [6.07, 6.45) is 6.11. The monoisotopic (exact) mass is 307 g/mol. The van der Waals surface area contributed by atoms with Crippen LogP contribution in [-0.4, -0.2) is 30.1 Å². The molecule has 0 fully saturated rings. The first kappa shape index (κ1) is 18.5. The van der Waals surface area contributed by atoms with Gasteiger partial charge in [0.15, 0.2) is 11.1 Å². The Morgan fingerprint density at radius 2 is 1.73 bits per heavy atom. The van der Waals surface area contributed by atoms with E-state index in [2.05, 4.69) is 13.2 Å². The number of esters is 1. The van der Waals surface area contributed by atoms with Crippen LogP contribution in [0.1, 0.15) is 53.4 Å². The normalized spacial score (nSPS) is 24.2. The largest absolute Gasteiger partial charge is 0.481 e. The summed E-state index contributed by atoms with van der Waals surface area (Å²) in [4.78, 5) is 17.5. The molecule has 0 aliphatic carbocycles. The second-order valence-electron chi connectivity index (χ2n) is 6.98. The highest BCUT2D eigenvalue weighted by Gasteiger charge is 2.55. The highest BCUT2D eigenvalue weighted by atomic mass is 16.6. The van der Waals surface area contributed by atoms with E-state index < -0.39 is 11.1 Å². The van der Waals surface area contributed by atoms with E-state index in [0.29, 0.717) is 31.6 Å². The zero-order valence-electron chi connectivity index (χ0n) is 14.6. The molecule has 1 heterocycles. The van der Waals surface area contributed by atoms with Crippen molar-refractivity contribution in [2.24, 2.45) is 10.4 Å². The van der Waals surface area contributed by atoms with Crippen molar-refractivity contribution in [2.75, 3.05) is 7.11 Å². The van der Waals surface area contributed by atoms with Crippen molar-refractivity contribution >= 4 is 11.9 Å². The Bertz CT molecular complexity index is 461. The molecule has 124 valence electrons. The molecule has 1 aliphatic rings. The van der Waals surface area contributed by atoms with Crippen molar-refractivity contribution in [1.29, 1.82) is 0 Å². The van der Waals surface area contributed by atoms with Gasteiger partial charge in [-0.3, -0.25) is 0 Å². The Kier molecular flexibility index (Phi) is 5.60. The summed E-state index contributed by atoms with van der Waals surface area (Å²) >= 11 is 0. The number of rotatable bonds is 6. The lowest BCUT2D eigenvalue weighted by molar-refractivity contribution is -0.172. The molecule has 0 amide bonds. The summed E-state index contributed by atoms with van der Waals surface area (Å²) in [5.41, 5.74) is -2.09. The molecule has 0 N–H and O–H groups in total. The number of nitrogens with zero attached hydrogens (tertiary/aromatic N) is 1. The standard InChI is InChI=1S/C18H29NO3/c1-8-10-12-18(13-11-9-2)15(20)22-17(6,16(3,4)5)14(19-18)21-7/h8-9H,1-2,10-13H2,3-7H3. The molecule has 4 heteroatoms. The molecule has 0 aromatic rings. The van der Waals surface area contributed by atoms with Gasteiger partial charge in [0, 0.05) is 5.41 Å². The molecule has 0 saturated heterocycles. The van der Waals surface area contributed by atoms with Gasteiger partial charge in [0.25, 0.3) is 0 Å². The predicted molar refractivity (Wildman–Crippen MR) is 90.0 cm³/mol. The highest BCUT2D eigenvalue weighted by Crippen LogP contribution is 2.42. The molecule has 1 unspecified atom stereocenters. The Morgan fingerprint density at radius 1 is 1.23 bits per heavy atom. The maximum atomic E-state index is 12.8. The Hall–Kier alpha value is -1.58. The molecular formula is C18H29NO3. The van der Waals surface area contributed by atoms with E-state index >= 15 is 0 Å². The number of allylic oxidation sites excluding steroid dienone is 2. The lowest BCUT2D eigenvalue weighted by Crippen LogP contribution is -2.59. The van der Waals surface area contributed by atoms with Crippen molar-refractivity contribution in [2.45, 2.75) is 64.5 Å². The highest BCUT2D eigenvalue weighted by molar-refractivity contribution is 5.96. The first-order chi connectivity index (χ1) is 10.2. The van der Waals surface area contributed by atoms with E-state index in [9.17, 15) is 4.79 Å². The molecule has 22 heavy (non-hydrogen) atoms. The van der Waals surface area contributed by atoms with Crippen LogP contribution in [0.5, 0.6) is 0 Å². The lowest BCUT2D eigenvalue weighted by Gasteiger charge is -2.46. The van der Waals surface area contributed by atoms with Gasteiger partial charge in [-0.2, -0.15) is 0 Å². The number of ether oxygens (including phenoxy) is 2. The Balaban J connectivity index is 3.35. The van der Waals surface area contributed by atoms with Gasteiger partial charge in [-0.15, -0.1) is 13.2 Å². The second-order valence-corrected chi connectivity index (χ2v) is 6.98. The number of carbonyl (C=O) groups excluding carboxylic acids is 1. The van der Waals surface area contributed by atoms with E-state index in [1.54, 1.807) is 19.3 Å². The van der Waals surface area contributed by atoms with E-state index in [4.69, 9.17) is 14.5 Å². The molecular weight excluding hydrogens is 278 g/mol. The molecule has 0 aromatic heterocycles. The van der Waals surface area contributed by atoms with Crippen LogP contribution in [0.2, 0.25) is 0 Å². The van der Waals surface area contributed by atoms with Crippen LogP contribution in [0.15, 0.2) is 30.3 Å². The van der Waals surface area contributed by atoms with Crippen LogP contribution < -0.4 is 0 Å². The molecule has 4 nitrogen and oxygen atoms in total. The number of aliphatic imine (C=N–C) groups is 1. The molecule has 0 spiro atoms. The van der Waals surface area contributed by atoms with Crippen molar-refractivity contribution < 1.29 is 14.3 Å². The Labute approximate surface area is 134 Å². The van der Waals surface area contributed by atoms with Crippen LogP contribution >= 0.6 is 0 Å². The second kappa shape index (κ2) is 6.67. The van der Waals surface area contributed by atoms with Crippen LogP contribution in [0.25, 0.3) is 0 Å². The summed E-state index contributed by atoms with van der Waals surface area (Å²) < 4.78 is 11.4. The SMILES string of the molecule is C=CCCC1(CCC=C)N=C(OC)C(C)(C(C)(C)C)OC1=O. The molecule has 0 bridgehead atoms. The minimum Gasteiger partial charge on any atom is -0.481 e. The number of carbonyl (C=O) groups is 1. The smallest absolute Gasteiger partial charge is 0.335 e. The van der Waals surface area contributed by atoms with E-state index in [1.807, 2.05) is 27.7 Å². The average molecular weight is 307 g/mol. The fourth-order valence-electron chi connectivity index (χ4n) is 2.51. The van der Waals surface area contributed by atoms with E-state index in [-0.39, 0.29) is 11.4 Å². The topological polar surface area (TPSA) is 47.9 Å². The molecule has 1 aliphatic heterocycles. The first-order valence-corrected chi connectivity index (χ1v) is 7.76. The molecule has 0 aromatic carbocycles. The van der Waals surface area contributed by atoms with Gasteiger partial charge >= 0.3 is 5.97 Å². The summed E-state index contributed by atoms with van der Waals surface area (Å²) in [6.45, 7) is 15.4. The van der Waals surface area contributed by atoms with Crippen LogP contribution in [0.4, 0.5) is 0 Å². The third-order valence-electron chi connectivity index (χ3n) is 4.55. The zero-order chi connectivity index (χ0) is 17.0. The number of methoxy groups -OCH3 is 1. The third kappa shape index (κ3) is 3.26. The fraction of sp³-hybridized carbons (Fsp3) is 0.667. The van der Waals surface area contributed by atoms with E-state index in [0.717, 1.165) is 0 Å². The van der Waals surface area contributed by atoms with Gasteiger partial charge in [0.1, 0.15) is 0 Å². The van der Waals surface area contributed by atoms with Crippen LogP contribution in [0.3, 0.4) is 0 Å². The summed E-state index contributed by atoms with van der Waals surface area (Å²) in [7, 11) is 1.58. The number of hydrogen-bond acceptors (Lipinski definition) is 4. The van der Waals surface area contributed by atoms with Gasteiger partial charge in [0.05, 0.1) is 7.11 Å². The minimum absolute atomic E-state index is 0.283. The van der Waals surface area contributed by atoms with Crippen molar-refractivity contribution in [3.63, 3.8) is 0 Å². The van der Waals surface area contributed by atoms with Crippen LogP contribution in [-0.2, 0) is 14.3 Å². The Morgan fingerprint density at radius 3 is 2.09 bits per heavy atom. The number of cyclic esters (lactones) is 1. The van der Waals surface area contributed by atoms with Crippen molar-refractivity contribution in [1.82, 2.24) is 0 Å². The first-order valence-electron chi connectivity index (χ1n) is 7.76. The molecule has 0 saturated carbocycles. The predicted octanol–water partition coefficient (Wildman–Crippen LogP) is 4.06. The summed E-state index contributed by atoms with van der Waals surface area (Å²) in [6, 6.07) is 0. The van der Waals surface area contributed by atoms with Crippen LogP contribution in [0, 0.1) is 5.41 Å². The average Bonchev–Trinajstić information content (AvgIpc) is 2.44. The maximum absolute atomic E-state index is 12.8. The zero-order valence-corrected chi connectivity index (χ0v) is 14.6. The molecule has 0 radical (unpaired) electrons. The van der Waals surface area contributed by atoms with Gasteiger partial charge in [-0.05, 0) is 32.6 Å².